The molecule has 2 aromatic rings. The molecule has 1 unspecified atom stereocenters. The molecule has 2 heterocycles. The summed E-state index contributed by atoms with van der Waals surface area (Å²) in [6.45, 7) is 5.22. The van der Waals surface area contributed by atoms with E-state index in [1.165, 1.54) is 44.9 Å². The van der Waals surface area contributed by atoms with Gasteiger partial charge in [-0.05, 0) is 62.0 Å². The summed E-state index contributed by atoms with van der Waals surface area (Å²) in [5.74, 6) is 0.0548. The Hall–Kier alpha value is -1.91. The van der Waals surface area contributed by atoms with Crippen LogP contribution < -0.4 is 4.74 Å². The molecule has 4 rings (SSSR count). The third-order valence-electron chi connectivity index (χ3n) is 6.21. The number of rotatable bonds is 5. The van der Waals surface area contributed by atoms with E-state index in [-0.39, 0.29) is 11.4 Å². The lowest BCUT2D eigenvalue weighted by molar-refractivity contribution is 0.0328. The molecule has 2 aliphatic rings. The second-order valence-corrected chi connectivity index (χ2v) is 8.02. The van der Waals surface area contributed by atoms with Crippen LogP contribution in [0.1, 0.15) is 36.8 Å². The van der Waals surface area contributed by atoms with E-state index < -0.39 is 0 Å². The topological polar surface area (TPSA) is 15.7 Å². The van der Waals surface area contributed by atoms with Gasteiger partial charge in [0.25, 0.3) is 0 Å². The van der Waals surface area contributed by atoms with Crippen LogP contribution in [-0.2, 0) is 13.1 Å². The number of hydrogen-bond donors (Lipinski definition) is 0. The van der Waals surface area contributed by atoms with E-state index in [4.69, 9.17) is 4.74 Å². The first-order valence-corrected chi connectivity index (χ1v) is 10.0. The van der Waals surface area contributed by atoms with E-state index in [1.807, 2.05) is 6.07 Å². The van der Waals surface area contributed by atoms with E-state index in [9.17, 15) is 4.39 Å². The van der Waals surface area contributed by atoms with E-state index in [0.717, 1.165) is 31.7 Å². The van der Waals surface area contributed by atoms with Crippen molar-refractivity contribution in [1.29, 1.82) is 0 Å². The van der Waals surface area contributed by atoms with Crippen molar-refractivity contribution in [1.82, 2.24) is 9.80 Å². The van der Waals surface area contributed by atoms with Gasteiger partial charge in [0.2, 0.25) is 0 Å². The van der Waals surface area contributed by atoms with Crippen LogP contribution in [0, 0.1) is 5.82 Å². The molecular formula is C23H29FN2O. The molecule has 1 spiro atoms. The van der Waals surface area contributed by atoms with E-state index in [0.29, 0.717) is 5.75 Å². The lowest BCUT2D eigenvalue weighted by atomic mass is 9.86. The van der Waals surface area contributed by atoms with Gasteiger partial charge in [-0.25, -0.2) is 4.39 Å². The van der Waals surface area contributed by atoms with Gasteiger partial charge in [0.15, 0.2) is 11.6 Å². The summed E-state index contributed by atoms with van der Waals surface area (Å²) in [7, 11) is 1.51. The number of benzene rings is 2. The summed E-state index contributed by atoms with van der Waals surface area (Å²) in [5.41, 5.74) is 2.66. The molecule has 0 bridgehead atoms. The molecule has 0 radical (unpaired) electrons. The molecule has 0 amide bonds. The minimum atomic E-state index is -0.266. The number of piperidine rings is 1. The van der Waals surface area contributed by atoms with Crippen molar-refractivity contribution in [3.8, 4) is 5.75 Å². The van der Waals surface area contributed by atoms with Gasteiger partial charge in [-0.1, -0.05) is 36.4 Å². The minimum Gasteiger partial charge on any atom is -0.494 e. The van der Waals surface area contributed by atoms with Crippen LogP contribution in [0.4, 0.5) is 4.39 Å². The number of nitrogens with zero attached hydrogens (tertiary/aromatic N) is 2. The highest BCUT2D eigenvalue weighted by Gasteiger charge is 2.43. The Balaban J connectivity index is 1.47. The van der Waals surface area contributed by atoms with Gasteiger partial charge < -0.3 is 4.74 Å². The molecule has 0 saturated carbocycles. The maximum absolute atomic E-state index is 14.1. The molecule has 0 aliphatic carbocycles. The SMILES string of the molecule is COc1ccc(CN2CCCC23CCCN(Cc2ccccc2)C3)cc1F. The zero-order valence-corrected chi connectivity index (χ0v) is 16.2. The first kappa shape index (κ1) is 18.5. The van der Waals surface area contributed by atoms with Crippen LogP contribution in [0.25, 0.3) is 0 Å². The molecular weight excluding hydrogens is 339 g/mol. The lowest BCUT2D eigenvalue weighted by Gasteiger charge is -2.46. The summed E-state index contributed by atoms with van der Waals surface area (Å²) in [6.07, 6.45) is 4.96. The predicted molar refractivity (Wildman–Crippen MR) is 106 cm³/mol. The second kappa shape index (κ2) is 7.99. The molecule has 2 saturated heterocycles. The highest BCUT2D eigenvalue weighted by Crippen LogP contribution is 2.38. The average Bonchev–Trinajstić information content (AvgIpc) is 3.04. The van der Waals surface area contributed by atoms with E-state index in [2.05, 4.69) is 40.1 Å². The molecule has 1 atom stereocenters. The summed E-state index contributed by atoms with van der Waals surface area (Å²) < 4.78 is 19.2. The number of methoxy groups -OCH3 is 1. The van der Waals surface area contributed by atoms with Crippen LogP contribution in [0.15, 0.2) is 48.5 Å². The van der Waals surface area contributed by atoms with Crippen molar-refractivity contribution in [3.63, 3.8) is 0 Å². The molecule has 2 fully saturated rings. The van der Waals surface area contributed by atoms with Crippen LogP contribution in [0.2, 0.25) is 0 Å². The Labute approximate surface area is 161 Å². The summed E-state index contributed by atoms with van der Waals surface area (Å²) in [6, 6.07) is 16.1. The monoisotopic (exact) mass is 368 g/mol. The molecule has 144 valence electrons. The molecule has 0 N–H and O–H groups in total. The molecule has 27 heavy (non-hydrogen) atoms. The smallest absolute Gasteiger partial charge is 0.165 e. The van der Waals surface area contributed by atoms with E-state index in [1.54, 1.807) is 12.1 Å². The first-order chi connectivity index (χ1) is 13.2. The maximum atomic E-state index is 14.1. The standard InChI is InChI=1S/C23H29FN2O/c1-27-22-10-9-20(15-21(22)24)17-26-14-6-12-23(26)11-5-13-25(18-23)16-19-7-3-2-4-8-19/h2-4,7-10,15H,5-6,11-14,16-18H2,1H3. The van der Waals surface area contributed by atoms with Crippen LogP contribution in [-0.4, -0.2) is 42.1 Å². The maximum Gasteiger partial charge on any atom is 0.165 e. The number of likely N-dealkylation sites (tertiary alicyclic amines) is 2. The van der Waals surface area contributed by atoms with E-state index >= 15 is 0 Å². The minimum absolute atomic E-state index is 0.240. The Kier molecular flexibility index (Phi) is 5.46. The van der Waals surface area contributed by atoms with Crippen LogP contribution in [0.3, 0.4) is 0 Å². The van der Waals surface area contributed by atoms with Crippen molar-refractivity contribution in [2.24, 2.45) is 0 Å². The Morgan fingerprint density at radius 3 is 2.48 bits per heavy atom. The van der Waals surface area contributed by atoms with Gasteiger partial charge in [0.1, 0.15) is 0 Å². The first-order valence-electron chi connectivity index (χ1n) is 10.0. The van der Waals surface area contributed by atoms with Crippen LogP contribution in [0.5, 0.6) is 5.75 Å². The number of hydrogen-bond acceptors (Lipinski definition) is 3. The highest BCUT2D eigenvalue weighted by molar-refractivity contribution is 5.29. The average molecular weight is 368 g/mol. The van der Waals surface area contributed by atoms with Gasteiger partial charge in [0.05, 0.1) is 7.11 Å². The third kappa shape index (κ3) is 4.02. The van der Waals surface area contributed by atoms with Crippen molar-refractivity contribution in [2.75, 3.05) is 26.7 Å². The van der Waals surface area contributed by atoms with Gasteiger partial charge in [-0.15, -0.1) is 0 Å². The quantitative estimate of drug-likeness (QED) is 0.775. The third-order valence-corrected chi connectivity index (χ3v) is 6.21. The van der Waals surface area contributed by atoms with Gasteiger partial charge in [0, 0.05) is 25.2 Å². The highest BCUT2D eigenvalue weighted by atomic mass is 19.1. The van der Waals surface area contributed by atoms with Crippen molar-refractivity contribution in [3.05, 3.63) is 65.5 Å². The molecule has 0 aromatic heterocycles. The summed E-state index contributed by atoms with van der Waals surface area (Å²) in [5, 5.41) is 0. The fourth-order valence-electron chi connectivity index (χ4n) is 4.91. The zero-order valence-electron chi connectivity index (χ0n) is 16.2. The summed E-state index contributed by atoms with van der Waals surface area (Å²) >= 11 is 0. The van der Waals surface area contributed by atoms with Crippen molar-refractivity contribution in [2.45, 2.75) is 44.3 Å². The second-order valence-electron chi connectivity index (χ2n) is 8.02. The largest absolute Gasteiger partial charge is 0.494 e. The summed E-state index contributed by atoms with van der Waals surface area (Å²) in [4.78, 5) is 5.21. The Bertz CT molecular complexity index is 766. The zero-order chi connectivity index (χ0) is 18.7. The molecule has 2 aromatic carbocycles. The normalized spacial score (nSPS) is 23.8. The van der Waals surface area contributed by atoms with Gasteiger partial charge in [-0.3, -0.25) is 9.80 Å². The Morgan fingerprint density at radius 2 is 1.74 bits per heavy atom. The van der Waals surface area contributed by atoms with Crippen molar-refractivity contribution < 1.29 is 9.13 Å². The molecule has 2 aliphatic heterocycles. The fraction of sp³-hybridized carbons (Fsp3) is 0.478. The van der Waals surface area contributed by atoms with Crippen LogP contribution >= 0.6 is 0 Å². The van der Waals surface area contributed by atoms with Gasteiger partial charge in [-0.2, -0.15) is 0 Å². The number of halogens is 1. The molecule has 3 nitrogen and oxygen atoms in total. The fourth-order valence-corrected chi connectivity index (χ4v) is 4.91. The number of ether oxygens (including phenoxy) is 1. The predicted octanol–water partition coefficient (Wildman–Crippen LogP) is 4.46. The molecule has 4 heteroatoms. The van der Waals surface area contributed by atoms with Gasteiger partial charge >= 0.3 is 0 Å². The van der Waals surface area contributed by atoms with Crippen molar-refractivity contribution >= 4 is 0 Å². The Morgan fingerprint density at radius 1 is 0.963 bits per heavy atom. The lowest BCUT2D eigenvalue weighted by Crippen LogP contribution is -2.55.